The van der Waals surface area contributed by atoms with Crippen LogP contribution in [0.5, 0.6) is 0 Å². The molecule has 0 radical (unpaired) electrons. The van der Waals surface area contributed by atoms with Crippen molar-refractivity contribution in [3.8, 4) is 11.1 Å². The Morgan fingerprint density at radius 2 is 2.00 bits per heavy atom. The molecule has 0 spiro atoms. The fraction of sp³-hybridized carbons (Fsp3) is 0.333. The number of benzene rings is 1. The molecular formula is C18H19N3O. The first kappa shape index (κ1) is 13.5. The van der Waals surface area contributed by atoms with E-state index in [-0.39, 0.29) is 5.91 Å². The van der Waals surface area contributed by atoms with E-state index in [1.165, 1.54) is 22.4 Å². The summed E-state index contributed by atoms with van der Waals surface area (Å²) in [5.41, 5.74) is 6.10. The summed E-state index contributed by atoms with van der Waals surface area (Å²) in [5.74, 6) is 0.466. The lowest BCUT2D eigenvalue weighted by Gasteiger charge is -2.17. The summed E-state index contributed by atoms with van der Waals surface area (Å²) < 4.78 is 0. The number of nitrogens with zero attached hydrogens (tertiary/aromatic N) is 1. The minimum atomic E-state index is 0.153. The van der Waals surface area contributed by atoms with Crippen LogP contribution in [0.4, 0.5) is 0 Å². The van der Waals surface area contributed by atoms with Crippen molar-refractivity contribution >= 4 is 5.91 Å². The molecule has 4 nitrogen and oxygen atoms in total. The van der Waals surface area contributed by atoms with Gasteiger partial charge >= 0.3 is 0 Å². The van der Waals surface area contributed by atoms with Crippen molar-refractivity contribution in [3.05, 3.63) is 53.3 Å². The van der Waals surface area contributed by atoms with Gasteiger partial charge in [-0.3, -0.25) is 9.78 Å². The Morgan fingerprint density at radius 3 is 2.77 bits per heavy atom. The summed E-state index contributed by atoms with van der Waals surface area (Å²) in [4.78, 5) is 15.9. The third-order valence-corrected chi connectivity index (χ3v) is 4.61. The van der Waals surface area contributed by atoms with Gasteiger partial charge in [0.2, 0.25) is 5.91 Å². The largest absolute Gasteiger partial charge is 0.355 e. The zero-order valence-electron chi connectivity index (χ0n) is 12.4. The molecule has 0 bridgehead atoms. The summed E-state index contributed by atoms with van der Waals surface area (Å²) in [7, 11) is 0. The van der Waals surface area contributed by atoms with Crippen molar-refractivity contribution in [1.29, 1.82) is 0 Å². The van der Waals surface area contributed by atoms with Crippen molar-refractivity contribution in [2.24, 2.45) is 0 Å². The first-order valence-electron chi connectivity index (χ1n) is 7.85. The summed E-state index contributed by atoms with van der Waals surface area (Å²) in [6.45, 7) is 2.68. The quantitative estimate of drug-likeness (QED) is 0.890. The Balaban J connectivity index is 1.59. The van der Waals surface area contributed by atoms with Gasteiger partial charge in [-0.25, -0.2) is 0 Å². The zero-order chi connectivity index (χ0) is 14.9. The summed E-state index contributed by atoms with van der Waals surface area (Å²) in [6.07, 6.45) is 3.59. The molecule has 4 rings (SSSR count). The molecule has 1 atom stereocenters. The molecule has 2 N–H and O–H groups in total. The van der Waals surface area contributed by atoms with E-state index in [0.29, 0.717) is 12.3 Å². The van der Waals surface area contributed by atoms with E-state index in [0.717, 1.165) is 31.6 Å². The molecule has 4 heteroatoms. The molecule has 1 unspecified atom stereocenters. The smallest absolute Gasteiger partial charge is 0.220 e. The number of amides is 1. The van der Waals surface area contributed by atoms with Crippen LogP contribution in [0.25, 0.3) is 11.1 Å². The first-order valence-corrected chi connectivity index (χ1v) is 7.85. The van der Waals surface area contributed by atoms with E-state index in [4.69, 9.17) is 0 Å². The lowest BCUT2D eigenvalue weighted by atomic mass is 9.95. The van der Waals surface area contributed by atoms with Crippen molar-refractivity contribution in [2.45, 2.75) is 25.3 Å². The topological polar surface area (TPSA) is 54.0 Å². The SMILES string of the molecule is O=C1CC(c2ccc(-c3cnc4c(c3)CNCC4)cc2)CN1. The number of aromatic nitrogens is 1. The molecule has 0 aliphatic carbocycles. The van der Waals surface area contributed by atoms with E-state index in [9.17, 15) is 4.79 Å². The summed E-state index contributed by atoms with van der Waals surface area (Å²) in [5, 5.41) is 6.28. The van der Waals surface area contributed by atoms with E-state index < -0.39 is 0 Å². The number of pyridine rings is 1. The van der Waals surface area contributed by atoms with Gasteiger partial charge in [0.05, 0.1) is 0 Å². The van der Waals surface area contributed by atoms with Crippen molar-refractivity contribution in [1.82, 2.24) is 15.6 Å². The molecule has 112 valence electrons. The fourth-order valence-corrected chi connectivity index (χ4v) is 3.29. The van der Waals surface area contributed by atoms with Crippen LogP contribution in [0.1, 0.15) is 29.2 Å². The van der Waals surface area contributed by atoms with Crippen LogP contribution < -0.4 is 10.6 Å². The Bertz CT molecular complexity index is 709. The molecular weight excluding hydrogens is 274 g/mol. The van der Waals surface area contributed by atoms with Crippen LogP contribution in [0.2, 0.25) is 0 Å². The van der Waals surface area contributed by atoms with Crippen LogP contribution in [-0.2, 0) is 17.8 Å². The van der Waals surface area contributed by atoms with Crippen LogP contribution >= 0.6 is 0 Å². The molecule has 1 saturated heterocycles. The number of rotatable bonds is 2. The normalized spacial score (nSPS) is 20.5. The van der Waals surface area contributed by atoms with Gasteiger partial charge < -0.3 is 10.6 Å². The van der Waals surface area contributed by atoms with Crippen LogP contribution in [-0.4, -0.2) is 24.0 Å². The Labute approximate surface area is 130 Å². The molecule has 2 aliphatic rings. The van der Waals surface area contributed by atoms with Gasteiger partial charge in [-0.2, -0.15) is 0 Å². The molecule has 1 aromatic carbocycles. The second kappa shape index (κ2) is 5.54. The number of carbonyl (C=O) groups excluding carboxylic acids is 1. The van der Waals surface area contributed by atoms with Gasteiger partial charge in [-0.1, -0.05) is 24.3 Å². The predicted octanol–water partition coefficient (Wildman–Crippen LogP) is 2.00. The highest BCUT2D eigenvalue weighted by atomic mass is 16.1. The van der Waals surface area contributed by atoms with Crippen molar-refractivity contribution in [2.75, 3.05) is 13.1 Å². The standard InChI is InChI=1S/C18H19N3O/c22-18-8-15(11-21-18)13-3-1-12(2-4-13)14-7-16-9-19-6-5-17(16)20-10-14/h1-4,7,10,15,19H,5-6,8-9,11H2,(H,21,22). The average molecular weight is 293 g/mol. The Hall–Kier alpha value is -2.20. The van der Waals surface area contributed by atoms with Gasteiger partial charge in [-0.05, 0) is 22.8 Å². The average Bonchev–Trinajstić information content (AvgIpc) is 3.01. The van der Waals surface area contributed by atoms with Gasteiger partial charge in [0.1, 0.15) is 0 Å². The highest BCUT2D eigenvalue weighted by Gasteiger charge is 2.22. The maximum absolute atomic E-state index is 11.3. The number of hydrogen-bond acceptors (Lipinski definition) is 3. The van der Waals surface area contributed by atoms with E-state index in [2.05, 4.69) is 45.9 Å². The van der Waals surface area contributed by atoms with Gasteiger partial charge in [0.25, 0.3) is 0 Å². The van der Waals surface area contributed by atoms with Crippen LogP contribution in [0.3, 0.4) is 0 Å². The number of nitrogens with one attached hydrogen (secondary N) is 2. The minimum absolute atomic E-state index is 0.153. The maximum Gasteiger partial charge on any atom is 0.220 e. The van der Waals surface area contributed by atoms with E-state index in [1.807, 2.05) is 6.20 Å². The summed E-state index contributed by atoms with van der Waals surface area (Å²) in [6, 6.07) is 10.8. The first-order chi connectivity index (χ1) is 10.8. The van der Waals surface area contributed by atoms with Gasteiger partial charge in [0.15, 0.2) is 0 Å². The second-order valence-corrected chi connectivity index (χ2v) is 6.08. The molecule has 1 aromatic heterocycles. The lowest BCUT2D eigenvalue weighted by molar-refractivity contribution is -0.119. The zero-order valence-corrected chi connectivity index (χ0v) is 12.4. The fourth-order valence-electron chi connectivity index (χ4n) is 3.29. The third kappa shape index (κ3) is 2.50. The predicted molar refractivity (Wildman–Crippen MR) is 85.5 cm³/mol. The third-order valence-electron chi connectivity index (χ3n) is 4.61. The molecule has 1 amide bonds. The second-order valence-electron chi connectivity index (χ2n) is 6.08. The Kier molecular flexibility index (Phi) is 3.39. The highest BCUT2D eigenvalue weighted by molar-refractivity contribution is 5.79. The molecule has 3 heterocycles. The van der Waals surface area contributed by atoms with Crippen LogP contribution in [0.15, 0.2) is 36.5 Å². The molecule has 2 aromatic rings. The monoisotopic (exact) mass is 293 g/mol. The van der Waals surface area contributed by atoms with Crippen molar-refractivity contribution in [3.63, 3.8) is 0 Å². The highest BCUT2D eigenvalue weighted by Crippen LogP contribution is 2.27. The van der Waals surface area contributed by atoms with Crippen molar-refractivity contribution < 1.29 is 4.79 Å². The van der Waals surface area contributed by atoms with E-state index >= 15 is 0 Å². The summed E-state index contributed by atoms with van der Waals surface area (Å²) >= 11 is 0. The number of fused-ring (bicyclic) bond motifs is 1. The molecule has 22 heavy (non-hydrogen) atoms. The Morgan fingerprint density at radius 1 is 1.14 bits per heavy atom. The molecule has 2 aliphatic heterocycles. The maximum atomic E-state index is 11.3. The van der Waals surface area contributed by atoms with Crippen LogP contribution in [0, 0.1) is 0 Å². The van der Waals surface area contributed by atoms with E-state index in [1.54, 1.807) is 0 Å². The minimum Gasteiger partial charge on any atom is -0.355 e. The number of hydrogen-bond donors (Lipinski definition) is 2. The van der Waals surface area contributed by atoms with Gasteiger partial charge in [0, 0.05) is 55.8 Å². The van der Waals surface area contributed by atoms with Gasteiger partial charge in [-0.15, -0.1) is 0 Å². The molecule has 1 fully saturated rings. The molecule has 0 saturated carbocycles. The lowest BCUT2D eigenvalue weighted by Crippen LogP contribution is -2.24. The number of carbonyl (C=O) groups is 1.